The number of ether oxygens (including phenoxy) is 1. The van der Waals surface area contributed by atoms with Gasteiger partial charge in [-0.15, -0.1) is 0 Å². The Balaban J connectivity index is 1.29. The largest absolute Gasteiger partial charge is 0.497 e. The van der Waals surface area contributed by atoms with Crippen LogP contribution in [0, 0.1) is 5.82 Å². The molecule has 2 aromatic heterocycles. The molecule has 8 nitrogen and oxygen atoms in total. The fraction of sp³-hybridized carbons (Fsp3) is 0.227. The summed E-state index contributed by atoms with van der Waals surface area (Å²) in [5, 5.41) is 14.7. The summed E-state index contributed by atoms with van der Waals surface area (Å²) in [5.41, 5.74) is 2.83. The number of guanidine groups is 1. The zero-order valence-electron chi connectivity index (χ0n) is 17.4. The van der Waals surface area contributed by atoms with Crippen molar-refractivity contribution >= 4 is 16.9 Å². The molecule has 0 aliphatic carbocycles. The van der Waals surface area contributed by atoms with Crippen molar-refractivity contribution in [3.63, 3.8) is 0 Å². The third-order valence-corrected chi connectivity index (χ3v) is 4.94. The van der Waals surface area contributed by atoms with Gasteiger partial charge in [-0.25, -0.2) is 9.37 Å². The van der Waals surface area contributed by atoms with Gasteiger partial charge in [-0.05, 0) is 54.4 Å². The summed E-state index contributed by atoms with van der Waals surface area (Å²) in [6.45, 7) is 1.13. The molecule has 0 saturated carbocycles. The predicted molar refractivity (Wildman–Crippen MR) is 119 cm³/mol. The number of methoxy groups -OCH3 is 1. The fourth-order valence-electron chi connectivity index (χ4n) is 3.31. The molecule has 160 valence electrons. The van der Waals surface area contributed by atoms with E-state index in [2.05, 4.69) is 35.8 Å². The Kier molecular flexibility index (Phi) is 6.11. The smallest absolute Gasteiger partial charge is 0.191 e. The molecule has 0 fully saturated rings. The molecule has 0 aliphatic heterocycles. The average Bonchev–Trinajstić information content (AvgIpc) is 3.43. The zero-order chi connectivity index (χ0) is 21.6. The summed E-state index contributed by atoms with van der Waals surface area (Å²) in [7, 11) is 3.35. The number of nitrogens with one attached hydrogen (secondary N) is 4. The van der Waals surface area contributed by atoms with Crippen LogP contribution in [0.5, 0.6) is 5.75 Å². The monoisotopic (exact) mass is 421 g/mol. The number of rotatable bonds is 7. The Morgan fingerprint density at radius 2 is 2.00 bits per heavy atom. The molecule has 0 unspecified atom stereocenters. The molecule has 0 atom stereocenters. The van der Waals surface area contributed by atoms with Gasteiger partial charge in [-0.1, -0.05) is 0 Å². The molecule has 0 saturated heterocycles. The second-order valence-corrected chi connectivity index (χ2v) is 6.94. The Labute approximate surface area is 179 Å². The lowest BCUT2D eigenvalue weighted by atomic mass is 10.1. The zero-order valence-corrected chi connectivity index (χ0v) is 17.4. The van der Waals surface area contributed by atoms with E-state index in [1.807, 2.05) is 30.5 Å². The quantitative estimate of drug-likeness (QED) is 0.271. The molecule has 0 spiro atoms. The van der Waals surface area contributed by atoms with Crippen LogP contribution in [0.4, 0.5) is 4.39 Å². The van der Waals surface area contributed by atoms with Crippen LogP contribution in [0.3, 0.4) is 0 Å². The lowest BCUT2D eigenvalue weighted by Crippen LogP contribution is -2.38. The summed E-state index contributed by atoms with van der Waals surface area (Å²) in [5.74, 6) is 2.53. The van der Waals surface area contributed by atoms with Crippen molar-refractivity contribution in [2.75, 3.05) is 20.7 Å². The highest BCUT2D eigenvalue weighted by Crippen LogP contribution is 2.20. The van der Waals surface area contributed by atoms with Crippen LogP contribution in [0.1, 0.15) is 11.4 Å². The van der Waals surface area contributed by atoms with Crippen LogP contribution in [-0.4, -0.2) is 46.8 Å². The van der Waals surface area contributed by atoms with Crippen LogP contribution >= 0.6 is 0 Å². The molecule has 0 radical (unpaired) electrons. The van der Waals surface area contributed by atoms with E-state index in [-0.39, 0.29) is 5.82 Å². The van der Waals surface area contributed by atoms with Gasteiger partial charge in [0.25, 0.3) is 0 Å². The minimum atomic E-state index is -0.244. The highest BCUT2D eigenvalue weighted by molar-refractivity contribution is 5.83. The Hall–Kier alpha value is -3.88. The number of H-pyrrole nitrogens is 2. The van der Waals surface area contributed by atoms with Gasteiger partial charge in [0.05, 0.1) is 13.7 Å². The standard InChI is InChI=1S/C22H24FN7O/c1-24-22(25-10-9-15-12-26-19-11-16(23)5-8-18(15)19)27-13-20-28-21(30-29-20)14-3-6-17(31-2)7-4-14/h3-8,11-12,26H,9-10,13H2,1-2H3,(H2,24,25,27)(H,28,29,30). The first kappa shape index (κ1) is 20.4. The molecule has 2 heterocycles. The highest BCUT2D eigenvalue weighted by Gasteiger charge is 2.08. The second-order valence-electron chi connectivity index (χ2n) is 6.94. The maximum Gasteiger partial charge on any atom is 0.191 e. The molecular weight excluding hydrogens is 397 g/mol. The molecule has 31 heavy (non-hydrogen) atoms. The van der Waals surface area contributed by atoms with Gasteiger partial charge in [0.2, 0.25) is 0 Å². The van der Waals surface area contributed by atoms with E-state index < -0.39 is 0 Å². The fourth-order valence-corrected chi connectivity index (χ4v) is 3.31. The number of fused-ring (bicyclic) bond motifs is 1. The molecule has 2 aromatic carbocycles. The Morgan fingerprint density at radius 3 is 2.77 bits per heavy atom. The van der Waals surface area contributed by atoms with E-state index in [1.54, 1.807) is 20.2 Å². The first-order valence-corrected chi connectivity index (χ1v) is 9.92. The van der Waals surface area contributed by atoms with Crippen molar-refractivity contribution in [3.05, 3.63) is 65.9 Å². The lowest BCUT2D eigenvalue weighted by Gasteiger charge is -2.10. The second kappa shape index (κ2) is 9.29. The number of aromatic nitrogens is 4. The van der Waals surface area contributed by atoms with Crippen molar-refractivity contribution < 1.29 is 9.13 Å². The van der Waals surface area contributed by atoms with Crippen molar-refractivity contribution in [1.29, 1.82) is 0 Å². The molecule has 9 heteroatoms. The highest BCUT2D eigenvalue weighted by atomic mass is 19.1. The maximum atomic E-state index is 13.3. The molecule has 4 N–H and O–H groups in total. The molecule has 0 bridgehead atoms. The first-order valence-electron chi connectivity index (χ1n) is 9.92. The van der Waals surface area contributed by atoms with Crippen LogP contribution in [0.2, 0.25) is 0 Å². The molecular formula is C22H24FN7O. The number of aromatic amines is 2. The summed E-state index contributed by atoms with van der Waals surface area (Å²) >= 11 is 0. The van der Waals surface area contributed by atoms with Gasteiger partial charge in [-0.3, -0.25) is 10.1 Å². The number of hydrogen-bond donors (Lipinski definition) is 4. The van der Waals surface area contributed by atoms with Crippen LogP contribution in [0.15, 0.2) is 53.7 Å². The van der Waals surface area contributed by atoms with E-state index in [0.717, 1.165) is 34.2 Å². The van der Waals surface area contributed by atoms with Crippen molar-refractivity contribution in [1.82, 2.24) is 30.8 Å². The van der Waals surface area contributed by atoms with Crippen LogP contribution < -0.4 is 15.4 Å². The van der Waals surface area contributed by atoms with Gasteiger partial charge in [0, 0.05) is 36.3 Å². The molecule has 4 aromatic rings. The average molecular weight is 421 g/mol. The molecule has 0 aliphatic rings. The van der Waals surface area contributed by atoms with E-state index in [9.17, 15) is 4.39 Å². The normalized spacial score (nSPS) is 11.6. The number of nitrogens with zero attached hydrogens (tertiary/aromatic N) is 3. The van der Waals surface area contributed by atoms with Crippen LogP contribution in [0.25, 0.3) is 22.3 Å². The minimum Gasteiger partial charge on any atom is -0.497 e. The van der Waals surface area contributed by atoms with E-state index >= 15 is 0 Å². The van der Waals surface area contributed by atoms with Crippen LogP contribution in [-0.2, 0) is 13.0 Å². The van der Waals surface area contributed by atoms with Crippen molar-refractivity contribution in [2.45, 2.75) is 13.0 Å². The number of hydrogen-bond acceptors (Lipinski definition) is 4. The summed E-state index contributed by atoms with van der Waals surface area (Å²) in [6, 6.07) is 12.4. The Morgan fingerprint density at radius 1 is 1.16 bits per heavy atom. The SMILES string of the molecule is CN=C(NCCc1c[nH]c2cc(F)ccc12)NCc1nc(-c2ccc(OC)cc2)n[nH]1. The third-order valence-electron chi connectivity index (χ3n) is 4.94. The number of benzene rings is 2. The predicted octanol–water partition coefficient (Wildman–Crippen LogP) is 3.01. The van der Waals surface area contributed by atoms with Gasteiger partial charge in [0.15, 0.2) is 11.8 Å². The topological polar surface area (TPSA) is 103 Å². The van der Waals surface area contributed by atoms with E-state index in [1.165, 1.54) is 12.1 Å². The summed E-state index contributed by atoms with van der Waals surface area (Å²) in [6.07, 6.45) is 2.69. The van der Waals surface area contributed by atoms with Gasteiger partial charge in [-0.2, -0.15) is 5.10 Å². The molecule has 4 rings (SSSR count). The van der Waals surface area contributed by atoms with E-state index in [4.69, 9.17) is 4.74 Å². The maximum absolute atomic E-state index is 13.3. The van der Waals surface area contributed by atoms with Gasteiger partial charge >= 0.3 is 0 Å². The minimum absolute atomic E-state index is 0.244. The summed E-state index contributed by atoms with van der Waals surface area (Å²) in [4.78, 5) is 11.9. The van der Waals surface area contributed by atoms with E-state index in [0.29, 0.717) is 30.7 Å². The summed E-state index contributed by atoms with van der Waals surface area (Å²) < 4.78 is 18.5. The molecule has 0 amide bonds. The van der Waals surface area contributed by atoms with Gasteiger partial charge < -0.3 is 20.4 Å². The number of halogens is 1. The first-order chi connectivity index (χ1) is 15.2. The Bertz CT molecular complexity index is 1180. The van der Waals surface area contributed by atoms with Crippen molar-refractivity contribution in [2.24, 2.45) is 4.99 Å². The van der Waals surface area contributed by atoms with Gasteiger partial charge in [0.1, 0.15) is 17.4 Å². The number of aliphatic imine (C=N–C) groups is 1. The van der Waals surface area contributed by atoms with Crippen molar-refractivity contribution in [3.8, 4) is 17.1 Å². The third kappa shape index (κ3) is 4.82. The lowest BCUT2D eigenvalue weighted by molar-refractivity contribution is 0.415.